The lowest BCUT2D eigenvalue weighted by atomic mass is 10.1. The second-order valence-corrected chi connectivity index (χ2v) is 4.11. The normalized spacial score (nSPS) is 9.89. The average molecular weight is 253 g/mol. The summed E-state index contributed by atoms with van der Waals surface area (Å²) >= 11 is 0. The summed E-state index contributed by atoms with van der Waals surface area (Å²) in [6.45, 7) is 0.473. The van der Waals surface area contributed by atoms with E-state index >= 15 is 0 Å². The van der Waals surface area contributed by atoms with Gasteiger partial charge in [0.2, 0.25) is 0 Å². The zero-order chi connectivity index (χ0) is 13.7. The molecule has 1 N–H and O–H groups in total. The second kappa shape index (κ2) is 5.87. The number of carbonyl (C=O) groups excluding carboxylic acids is 1. The van der Waals surface area contributed by atoms with Crippen molar-refractivity contribution in [2.75, 3.05) is 6.54 Å². The Morgan fingerprint density at radius 1 is 1.42 bits per heavy atom. The fourth-order valence-electron chi connectivity index (χ4n) is 1.77. The van der Waals surface area contributed by atoms with Crippen LogP contribution in [0.15, 0.2) is 36.4 Å². The molecule has 0 aliphatic rings. The number of carbonyl (C=O) groups is 1. The number of amides is 1. The molecule has 96 valence electrons. The minimum Gasteiger partial charge on any atom is -0.350 e. The lowest BCUT2D eigenvalue weighted by Gasteiger charge is -2.02. The number of nitrogens with one attached hydrogen (secondary N) is 1. The van der Waals surface area contributed by atoms with Crippen LogP contribution in [0.3, 0.4) is 0 Å². The Bertz CT molecular complexity index is 608. The molecule has 0 bridgehead atoms. The van der Waals surface area contributed by atoms with Crippen molar-refractivity contribution in [2.24, 2.45) is 7.05 Å². The number of benzene rings is 1. The quantitative estimate of drug-likeness (QED) is 0.667. The van der Waals surface area contributed by atoms with E-state index in [2.05, 4.69) is 16.3 Å². The smallest absolute Gasteiger partial charge is 0.269 e. The maximum Gasteiger partial charge on any atom is 0.269 e. The van der Waals surface area contributed by atoms with Gasteiger partial charge in [-0.2, -0.15) is 5.10 Å². The third-order valence-corrected chi connectivity index (χ3v) is 2.74. The van der Waals surface area contributed by atoms with Crippen LogP contribution in [0.25, 0.3) is 11.3 Å². The van der Waals surface area contributed by atoms with Gasteiger partial charge in [0.15, 0.2) is 0 Å². The van der Waals surface area contributed by atoms with Crippen LogP contribution < -0.4 is 5.32 Å². The molecule has 0 atom stereocenters. The Balaban J connectivity index is 2.18. The third kappa shape index (κ3) is 3.02. The van der Waals surface area contributed by atoms with Gasteiger partial charge in [-0.15, -0.1) is 12.3 Å². The molecule has 19 heavy (non-hydrogen) atoms. The van der Waals surface area contributed by atoms with E-state index < -0.39 is 0 Å². The first kappa shape index (κ1) is 12.9. The molecule has 2 aromatic rings. The van der Waals surface area contributed by atoms with Crippen LogP contribution in [0.2, 0.25) is 0 Å². The average Bonchev–Trinajstić information content (AvgIpc) is 2.82. The van der Waals surface area contributed by atoms with Crippen LogP contribution >= 0.6 is 0 Å². The zero-order valence-corrected chi connectivity index (χ0v) is 10.8. The fraction of sp³-hybridized carbons (Fsp3) is 0.200. The highest BCUT2D eigenvalue weighted by atomic mass is 16.2. The van der Waals surface area contributed by atoms with Gasteiger partial charge in [-0.1, -0.05) is 30.3 Å². The second-order valence-electron chi connectivity index (χ2n) is 4.11. The van der Waals surface area contributed by atoms with Crippen LogP contribution in [0.1, 0.15) is 16.9 Å². The molecule has 0 radical (unpaired) electrons. The highest BCUT2D eigenvalue weighted by Crippen LogP contribution is 2.18. The first-order valence-corrected chi connectivity index (χ1v) is 6.03. The van der Waals surface area contributed by atoms with E-state index in [1.54, 1.807) is 17.8 Å². The van der Waals surface area contributed by atoms with E-state index in [-0.39, 0.29) is 5.91 Å². The van der Waals surface area contributed by atoms with E-state index in [0.717, 1.165) is 11.3 Å². The Hall–Kier alpha value is -2.54. The molecule has 1 aromatic carbocycles. The summed E-state index contributed by atoms with van der Waals surface area (Å²) in [4.78, 5) is 11.9. The topological polar surface area (TPSA) is 46.9 Å². The van der Waals surface area contributed by atoms with Crippen LogP contribution in [-0.2, 0) is 7.05 Å². The van der Waals surface area contributed by atoms with Crippen molar-refractivity contribution in [1.82, 2.24) is 15.1 Å². The molecular formula is C15H15N3O. The number of rotatable bonds is 4. The molecule has 1 aromatic heterocycles. The maximum atomic E-state index is 11.9. The predicted octanol–water partition coefficient (Wildman–Crippen LogP) is 1.84. The largest absolute Gasteiger partial charge is 0.350 e. The van der Waals surface area contributed by atoms with E-state index in [0.29, 0.717) is 18.7 Å². The Morgan fingerprint density at radius 3 is 2.84 bits per heavy atom. The SMILES string of the molecule is C#CCCNC(=O)c1cc(-c2ccccc2)nn1C. The summed E-state index contributed by atoms with van der Waals surface area (Å²) in [5.41, 5.74) is 2.29. The molecule has 1 amide bonds. The van der Waals surface area contributed by atoms with Crippen molar-refractivity contribution in [2.45, 2.75) is 6.42 Å². The molecule has 0 aliphatic heterocycles. The molecule has 0 aliphatic carbocycles. The molecule has 0 saturated carbocycles. The van der Waals surface area contributed by atoms with Gasteiger partial charge in [-0.3, -0.25) is 9.48 Å². The van der Waals surface area contributed by atoms with Crippen molar-refractivity contribution in [1.29, 1.82) is 0 Å². The summed E-state index contributed by atoms with van der Waals surface area (Å²) in [6, 6.07) is 11.5. The zero-order valence-electron chi connectivity index (χ0n) is 10.8. The van der Waals surface area contributed by atoms with Gasteiger partial charge in [0.25, 0.3) is 5.91 Å². The van der Waals surface area contributed by atoms with Crippen molar-refractivity contribution < 1.29 is 4.79 Å². The molecule has 0 fully saturated rings. The number of nitrogens with zero attached hydrogens (tertiary/aromatic N) is 2. The van der Waals surface area contributed by atoms with Crippen LogP contribution in [0.5, 0.6) is 0 Å². The third-order valence-electron chi connectivity index (χ3n) is 2.74. The minimum absolute atomic E-state index is 0.160. The lowest BCUT2D eigenvalue weighted by Crippen LogP contribution is -2.26. The highest BCUT2D eigenvalue weighted by molar-refractivity contribution is 5.93. The van der Waals surface area contributed by atoms with Crippen molar-refractivity contribution >= 4 is 5.91 Å². The van der Waals surface area contributed by atoms with Gasteiger partial charge in [-0.05, 0) is 6.07 Å². The van der Waals surface area contributed by atoms with Gasteiger partial charge in [0.1, 0.15) is 5.69 Å². The summed E-state index contributed by atoms with van der Waals surface area (Å²) < 4.78 is 1.58. The first-order chi connectivity index (χ1) is 9.22. The lowest BCUT2D eigenvalue weighted by molar-refractivity contribution is 0.0945. The Morgan fingerprint density at radius 2 is 2.16 bits per heavy atom. The molecular weight excluding hydrogens is 238 g/mol. The highest BCUT2D eigenvalue weighted by Gasteiger charge is 2.13. The van der Waals surface area contributed by atoms with Gasteiger partial charge in [0.05, 0.1) is 5.69 Å². The summed E-state index contributed by atoms with van der Waals surface area (Å²) in [6.07, 6.45) is 5.67. The van der Waals surface area contributed by atoms with Crippen LogP contribution in [0, 0.1) is 12.3 Å². The Labute approximate surface area is 112 Å². The maximum absolute atomic E-state index is 11.9. The number of hydrogen-bond donors (Lipinski definition) is 1. The number of hydrogen-bond acceptors (Lipinski definition) is 2. The standard InChI is InChI=1S/C15H15N3O/c1-3-4-10-16-15(19)14-11-13(17-18(14)2)12-8-6-5-7-9-12/h1,5-9,11H,4,10H2,2H3,(H,16,19). The van der Waals surface area contributed by atoms with Gasteiger partial charge >= 0.3 is 0 Å². The molecule has 0 saturated heterocycles. The van der Waals surface area contributed by atoms with Crippen molar-refractivity contribution in [3.05, 3.63) is 42.1 Å². The van der Waals surface area contributed by atoms with Gasteiger partial charge in [0, 0.05) is 25.6 Å². The van der Waals surface area contributed by atoms with Crippen molar-refractivity contribution in [3.8, 4) is 23.6 Å². The number of terminal acetylenes is 1. The molecule has 0 unspecified atom stereocenters. The predicted molar refractivity (Wildman–Crippen MR) is 74.4 cm³/mol. The van der Waals surface area contributed by atoms with Crippen LogP contribution in [-0.4, -0.2) is 22.2 Å². The van der Waals surface area contributed by atoms with E-state index in [1.807, 2.05) is 30.3 Å². The first-order valence-electron chi connectivity index (χ1n) is 6.03. The minimum atomic E-state index is -0.160. The van der Waals surface area contributed by atoms with E-state index in [4.69, 9.17) is 6.42 Å². The number of aryl methyl sites for hydroxylation is 1. The van der Waals surface area contributed by atoms with Gasteiger partial charge in [-0.25, -0.2) is 0 Å². The number of aromatic nitrogens is 2. The summed E-state index contributed by atoms with van der Waals surface area (Å²) in [5, 5.41) is 7.11. The Kier molecular flexibility index (Phi) is 3.99. The van der Waals surface area contributed by atoms with E-state index in [1.165, 1.54) is 0 Å². The monoisotopic (exact) mass is 253 g/mol. The summed E-state index contributed by atoms with van der Waals surface area (Å²) in [7, 11) is 1.75. The van der Waals surface area contributed by atoms with Crippen molar-refractivity contribution in [3.63, 3.8) is 0 Å². The molecule has 0 spiro atoms. The summed E-state index contributed by atoms with van der Waals surface area (Å²) in [5.74, 6) is 2.32. The van der Waals surface area contributed by atoms with Crippen LogP contribution in [0.4, 0.5) is 0 Å². The fourth-order valence-corrected chi connectivity index (χ4v) is 1.77. The molecule has 1 heterocycles. The molecule has 4 nitrogen and oxygen atoms in total. The molecule has 4 heteroatoms. The van der Waals surface area contributed by atoms with Gasteiger partial charge < -0.3 is 5.32 Å². The van der Waals surface area contributed by atoms with E-state index in [9.17, 15) is 4.79 Å². The molecule has 2 rings (SSSR count).